The Morgan fingerprint density at radius 2 is 2.00 bits per heavy atom. The Bertz CT molecular complexity index is 405. The van der Waals surface area contributed by atoms with Crippen molar-refractivity contribution < 1.29 is 5.11 Å². The maximum atomic E-state index is 10.0. The van der Waals surface area contributed by atoms with Crippen molar-refractivity contribution in [1.29, 1.82) is 0 Å². The first-order chi connectivity index (χ1) is 8.71. The van der Waals surface area contributed by atoms with Gasteiger partial charge in [-0.25, -0.2) is 0 Å². The molecule has 0 saturated carbocycles. The molecule has 4 unspecified atom stereocenters. The second-order valence-corrected chi connectivity index (χ2v) is 6.04. The highest BCUT2D eigenvalue weighted by Gasteiger charge is 2.45. The van der Waals surface area contributed by atoms with Gasteiger partial charge in [0.2, 0.25) is 0 Å². The molecule has 2 nitrogen and oxygen atoms in total. The molecule has 0 aromatic heterocycles. The number of hydrogen-bond donors (Lipinski definition) is 2. The highest BCUT2D eigenvalue weighted by molar-refractivity contribution is 5.25. The molecule has 1 aromatic carbocycles. The minimum absolute atomic E-state index is 0.138. The van der Waals surface area contributed by atoms with Gasteiger partial charge in [0, 0.05) is 11.6 Å². The van der Waals surface area contributed by atoms with E-state index >= 15 is 0 Å². The van der Waals surface area contributed by atoms with Crippen LogP contribution in [0.3, 0.4) is 0 Å². The van der Waals surface area contributed by atoms with E-state index in [0.717, 1.165) is 19.3 Å². The topological polar surface area (TPSA) is 32.3 Å². The summed E-state index contributed by atoms with van der Waals surface area (Å²) in [4.78, 5) is 0. The summed E-state index contributed by atoms with van der Waals surface area (Å²) in [5.74, 6) is 0.522. The average Bonchev–Trinajstić information content (AvgIpc) is 2.44. The number of fused-ring (bicyclic) bond motifs is 2. The fourth-order valence-corrected chi connectivity index (χ4v) is 3.86. The fourth-order valence-electron chi connectivity index (χ4n) is 3.86. The summed E-state index contributed by atoms with van der Waals surface area (Å²) in [5, 5.41) is 13.8. The highest BCUT2D eigenvalue weighted by atomic mass is 16.3. The van der Waals surface area contributed by atoms with E-state index in [1.54, 1.807) is 0 Å². The van der Waals surface area contributed by atoms with Gasteiger partial charge in [-0.3, -0.25) is 0 Å². The maximum Gasteiger partial charge on any atom is 0.0694 e. The van der Waals surface area contributed by atoms with Crippen molar-refractivity contribution in [2.45, 2.75) is 62.6 Å². The molecule has 4 atom stereocenters. The van der Waals surface area contributed by atoms with Crippen LogP contribution >= 0.6 is 0 Å². The van der Waals surface area contributed by atoms with Gasteiger partial charge in [0.25, 0.3) is 0 Å². The van der Waals surface area contributed by atoms with Crippen LogP contribution in [0, 0.1) is 0 Å². The SMILES string of the molecule is CC(c1ccccc1)C12CCCC(N1)C(O)CC2. The zero-order valence-corrected chi connectivity index (χ0v) is 11.1. The molecular weight excluding hydrogens is 222 g/mol. The zero-order chi connectivity index (χ0) is 12.6. The van der Waals surface area contributed by atoms with E-state index in [2.05, 4.69) is 42.6 Å². The first kappa shape index (κ1) is 12.2. The molecule has 2 fully saturated rings. The van der Waals surface area contributed by atoms with Crippen molar-refractivity contribution in [3.8, 4) is 0 Å². The van der Waals surface area contributed by atoms with Gasteiger partial charge in [-0.2, -0.15) is 0 Å². The molecule has 0 spiro atoms. The van der Waals surface area contributed by atoms with Crippen LogP contribution < -0.4 is 5.32 Å². The summed E-state index contributed by atoms with van der Waals surface area (Å²) in [5.41, 5.74) is 1.63. The monoisotopic (exact) mass is 245 g/mol. The van der Waals surface area contributed by atoms with Crippen LogP contribution in [0.4, 0.5) is 0 Å². The molecule has 2 heteroatoms. The number of benzene rings is 1. The Morgan fingerprint density at radius 1 is 1.22 bits per heavy atom. The van der Waals surface area contributed by atoms with Gasteiger partial charge in [0.1, 0.15) is 0 Å². The molecule has 2 aliphatic heterocycles. The van der Waals surface area contributed by atoms with Gasteiger partial charge in [-0.05, 0) is 43.6 Å². The number of hydrogen-bond acceptors (Lipinski definition) is 2. The first-order valence-electron chi connectivity index (χ1n) is 7.22. The average molecular weight is 245 g/mol. The predicted octanol–water partition coefficient (Wildman–Crippen LogP) is 2.83. The maximum absolute atomic E-state index is 10.0. The smallest absolute Gasteiger partial charge is 0.0694 e. The van der Waals surface area contributed by atoms with E-state index in [1.807, 2.05) is 0 Å². The number of piperidine rings is 2. The Morgan fingerprint density at radius 3 is 2.78 bits per heavy atom. The van der Waals surface area contributed by atoms with Crippen LogP contribution in [-0.4, -0.2) is 22.8 Å². The van der Waals surface area contributed by atoms with Gasteiger partial charge in [-0.1, -0.05) is 37.3 Å². The Balaban J connectivity index is 1.86. The molecule has 2 aliphatic rings. The number of aliphatic hydroxyl groups excluding tert-OH is 1. The van der Waals surface area contributed by atoms with Crippen molar-refractivity contribution in [1.82, 2.24) is 5.32 Å². The lowest BCUT2D eigenvalue weighted by Gasteiger charge is -2.52. The third-order valence-corrected chi connectivity index (χ3v) is 5.09. The molecule has 2 bridgehead atoms. The molecule has 0 amide bonds. The van der Waals surface area contributed by atoms with E-state index in [1.165, 1.54) is 18.4 Å². The number of rotatable bonds is 2. The molecule has 98 valence electrons. The van der Waals surface area contributed by atoms with Gasteiger partial charge in [-0.15, -0.1) is 0 Å². The second-order valence-electron chi connectivity index (χ2n) is 6.04. The minimum atomic E-state index is -0.138. The lowest BCUT2D eigenvalue weighted by atomic mass is 9.67. The molecule has 3 rings (SSSR count). The van der Waals surface area contributed by atoms with Crippen LogP contribution in [0.1, 0.15) is 50.5 Å². The van der Waals surface area contributed by atoms with E-state index in [9.17, 15) is 5.11 Å². The number of aliphatic hydroxyl groups is 1. The molecule has 18 heavy (non-hydrogen) atoms. The molecule has 1 aromatic rings. The first-order valence-corrected chi connectivity index (χ1v) is 7.22. The van der Waals surface area contributed by atoms with Crippen LogP contribution in [0.15, 0.2) is 30.3 Å². The predicted molar refractivity (Wildman–Crippen MR) is 73.6 cm³/mol. The van der Waals surface area contributed by atoms with Crippen LogP contribution in [0.2, 0.25) is 0 Å². The molecule has 2 N–H and O–H groups in total. The summed E-state index contributed by atoms with van der Waals surface area (Å²) in [6.07, 6.45) is 5.53. The highest BCUT2D eigenvalue weighted by Crippen LogP contribution is 2.43. The Kier molecular flexibility index (Phi) is 3.16. The Labute approximate surface area is 109 Å². The lowest BCUT2D eigenvalue weighted by Crippen LogP contribution is -2.63. The van der Waals surface area contributed by atoms with Gasteiger partial charge < -0.3 is 10.4 Å². The van der Waals surface area contributed by atoms with Crippen molar-refractivity contribution in [2.24, 2.45) is 0 Å². The third kappa shape index (κ3) is 1.98. The lowest BCUT2D eigenvalue weighted by molar-refractivity contribution is 0.00976. The van der Waals surface area contributed by atoms with E-state index in [4.69, 9.17) is 0 Å². The van der Waals surface area contributed by atoms with Gasteiger partial charge in [0.05, 0.1) is 6.10 Å². The Hall–Kier alpha value is -0.860. The molecule has 0 radical (unpaired) electrons. The van der Waals surface area contributed by atoms with Gasteiger partial charge >= 0.3 is 0 Å². The van der Waals surface area contributed by atoms with E-state index in [-0.39, 0.29) is 11.6 Å². The van der Waals surface area contributed by atoms with E-state index < -0.39 is 0 Å². The molecule has 2 heterocycles. The molecule has 0 aliphatic carbocycles. The standard InChI is InChI=1S/C16H23NO/c1-12(13-6-3-2-4-7-13)16-10-5-8-14(17-16)15(18)9-11-16/h2-4,6-7,12,14-15,17-18H,5,8-11H2,1H3. The fraction of sp³-hybridized carbons (Fsp3) is 0.625. The van der Waals surface area contributed by atoms with Crippen LogP contribution in [-0.2, 0) is 0 Å². The number of nitrogens with one attached hydrogen (secondary N) is 1. The van der Waals surface area contributed by atoms with Crippen molar-refractivity contribution in [3.63, 3.8) is 0 Å². The van der Waals surface area contributed by atoms with Gasteiger partial charge in [0.15, 0.2) is 0 Å². The summed E-state index contributed by atoms with van der Waals surface area (Å²) >= 11 is 0. The van der Waals surface area contributed by atoms with Crippen molar-refractivity contribution in [3.05, 3.63) is 35.9 Å². The van der Waals surface area contributed by atoms with Crippen molar-refractivity contribution in [2.75, 3.05) is 0 Å². The summed E-state index contributed by atoms with van der Waals surface area (Å²) in [7, 11) is 0. The second kappa shape index (κ2) is 4.67. The third-order valence-electron chi connectivity index (χ3n) is 5.09. The molecule has 2 saturated heterocycles. The summed E-state index contributed by atoms with van der Waals surface area (Å²) in [6, 6.07) is 11.1. The summed E-state index contributed by atoms with van der Waals surface area (Å²) < 4.78 is 0. The zero-order valence-electron chi connectivity index (χ0n) is 11.1. The summed E-state index contributed by atoms with van der Waals surface area (Å²) in [6.45, 7) is 2.34. The van der Waals surface area contributed by atoms with Crippen molar-refractivity contribution >= 4 is 0 Å². The van der Waals surface area contributed by atoms with E-state index in [0.29, 0.717) is 12.0 Å². The normalized spacial score (nSPS) is 37.2. The molecular formula is C16H23NO. The van der Waals surface area contributed by atoms with Crippen LogP contribution in [0.5, 0.6) is 0 Å². The largest absolute Gasteiger partial charge is 0.392 e. The quantitative estimate of drug-likeness (QED) is 0.839. The minimum Gasteiger partial charge on any atom is -0.392 e. The van der Waals surface area contributed by atoms with Crippen LogP contribution in [0.25, 0.3) is 0 Å².